The summed E-state index contributed by atoms with van der Waals surface area (Å²) < 4.78 is 5.90. The highest BCUT2D eigenvalue weighted by molar-refractivity contribution is 6.46. The molecule has 37 heavy (non-hydrogen) atoms. The number of benzene rings is 3. The van der Waals surface area contributed by atoms with Crippen molar-refractivity contribution < 1.29 is 24.5 Å². The summed E-state index contributed by atoms with van der Waals surface area (Å²) in [6, 6.07) is 20.4. The topological polar surface area (TPSA) is 90.3 Å². The summed E-state index contributed by atoms with van der Waals surface area (Å²) in [6.45, 7) is 3.51. The number of phenolic OH excluding ortho intramolecular Hbond substituents is 1. The van der Waals surface area contributed by atoms with Crippen LogP contribution >= 0.6 is 0 Å². The fraction of sp³-hybridized carbons (Fsp3) is 0.267. The molecule has 7 heteroatoms. The third kappa shape index (κ3) is 5.84. The predicted molar refractivity (Wildman–Crippen MR) is 142 cm³/mol. The van der Waals surface area contributed by atoms with E-state index in [1.807, 2.05) is 50.2 Å². The van der Waals surface area contributed by atoms with Gasteiger partial charge in [-0.25, -0.2) is 0 Å². The highest BCUT2D eigenvalue weighted by atomic mass is 16.5. The van der Waals surface area contributed by atoms with Crippen LogP contribution in [0.2, 0.25) is 0 Å². The quantitative estimate of drug-likeness (QED) is 0.253. The second kappa shape index (κ2) is 11.3. The van der Waals surface area contributed by atoms with E-state index in [1.165, 1.54) is 17.0 Å². The van der Waals surface area contributed by atoms with E-state index < -0.39 is 17.7 Å². The number of amides is 1. The minimum absolute atomic E-state index is 0.00836. The van der Waals surface area contributed by atoms with E-state index >= 15 is 0 Å². The van der Waals surface area contributed by atoms with Crippen molar-refractivity contribution in [3.8, 4) is 11.5 Å². The minimum Gasteiger partial charge on any atom is -0.508 e. The molecule has 1 fully saturated rings. The monoisotopic (exact) mass is 500 g/mol. The number of aliphatic hydroxyl groups is 1. The van der Waals surface area contributed by atoms with Gasteiger partial charge in [-0.2, -0.15) is 0 Å². The summed E-state index contributed by atoms with van der Waals surface area (Å²) in [6.07, 6.45) is 0.655. The van der Waals surface area contributed by atoms with Crippen LogP contribution in [-0.4, -0.2) is 58.9 Å². The van der Waals surface area contributed by atoms with Crippen molar-refractivity contribution in [2.24, 2.45) is 0 Å². The average Bonchev–Trinajstić information content (AvgIpc) is 3.13. The predicted octanol–water partition coefficient (Wildman–Crippen LogP) is 4.65. The van der Waals surface area contributed by atoms with Crippen LogP contribution in [0, 0.1) is 6.92 Å². The van der Waals surface area contributed by atoms with Crippen molar-refractivity contribution in [3.63, 3.8) is 0 Å². The van der Waals surface area contributed by atoms with Crippen LogP contribution in [0.25, 0.3) is 5.76 Å². The van der Waals surface area contributed by atoms with Gasteiger partial charge in [0.25, 0.3) is 11.7 Å². The molecular weight excluding hydrogens is 468 g/mol. The Labute approximate surface area is 217 Å². The number of aryl methyl sites for hydroxylation is 1. The minimum atomic E-state index is -0.800. The maximum absolute atomic E-state index is 13.1. The normalized spacial score (nSPS) is 17.0. The first-order valence-corrected chi connectivity index (χ1v) is 12.3. The number of ketones is 1. The Hall–Kier alpha value is -4.10. The first kappa shape index (κ1) is 26.0. The molecule has 2 N–H and O–H groups in total. The van der Waals surface area contributed by atoms with E-state index in [4.69, 9.17) is 4.74 Å². The zero-order chi connectivity index (χ0) is 26.5. The second-order valence-corrected chi connectivity index (χ2v) is 9.48. The van der Waals surface area contributed by atoms with Crippen LogP contribution in [0.15, 0.2) is 78.4 Å². The number of hydrogen-bond donors (Lipinski definition) is 2. The number of Topliss-reactive ketones (excluding diaryl/α,β-unsaturated/α-hetero) is 1. The van der Waals surface area contributed by atoms with Gasteiger partial charge in [0.1, 0.15) is 23.9 Å². The molecular formula is C30H32N2O5. The van der Waals surface area contributed by atoms with E-state index in [-0.39, 0.29) is 17.1 Å². The van der Waals surface area contributed by atoms with E-state index in [9.17, 15) is 19.8 Å². The number of nitrogens with zero attached hydrogens (tertiary/aromatic N) is 2. The van der Waals surface area contributed by atoms with Gasteiger partial charge in [-0.15, -0.1) is 0 Å². The fourth-order valence-electron chi connectivity index (χ4n) is 4.51. The molecule has 3 aromatic carbocycles. The molecule has 1 atom stereocenters. The third-order valence-corrected chi connectivity index (χ3v) is 6.51. The third-order valence-electron chi connectivity index (χ3n) is 6.51. The van der Waals surface area contributed by atoms with Crippen molar-refractivity contribution >= 4 is 17.4 Å². The lowest BCUT2D eigenvalue weighted by molar-refractivity contribution is -0.139. The lowest BCUT2D eigenvalue weighted by Gasteiger charge is -2.26. The molecule has 1 saturated heterocycles. The van der Waals surface area contributed by atoms with Crippen LogP contribution in [0.3, 0.4) is 0 Å². The standard InChI is InChI=1S/C30H32N2O5/c1-20-8-4-5-9-23(20)19-37-25-14-12-21(13-15-25)28(34)26-27(22-10-6-11-24(33)18-22)32(30(36)29(26)35)17-7-16-31(2)3/h4-6,8-15,18,27,33-34H,7,16-17,19H2,1-3H3/b28-26+/t27-/m1/s1. The van der Waals surface area contributed by atoms with Gasteiger partial charge in [0.2, 0.25) is 0 Å². The molecule has 1 aliphatic heterocycles. The number of aliphatic hydroxyl groups excluding tert-OH is 1. The van der Waals surface area contributed by atoms with Crippen molar-refractivity contribution in [1.29, 1.82) is 0 Å². The molecule has 7 nitrogen and oxygen atoms in total. The maximum Gasteiger partial charge on any atom is 0.295 e. The first-order valence-electron chi connectivity index (χ1n) is 12.3. The van der Waals surface area contributed by atoms with Crippen molar-refractivity contribution in [2.75, 3.05) is 27.2 Å². The van der Waals surface area contributed by atoms with Gasteiger partial charge in [-0.3, -0.25) is 9.59 Å². The van der Waals surface area contributed by atoms with Crippen LogP contribution in [0.4, 0.5) is 0 Å². The van der Waals surface area contributed by atoms with E-state index in [1.54, 1.807) is 36.4 Å². The SMILES string of the molecule is Cc1ccccc1COc1ccc(/C(O)=C2\C(=O)C(=O)N(CCCN(C)C)[C@@H]2c2cccc(O)c2)cc1. The molecule has 0 bridgehead atoms. The van der Waals surface area contributed by atoms with Gasteiger partial charge in [0.15, 0.2) is 0 Å². The number of aromatic hydroxyl groups is 1. The number of rotatable bonds is 9. The van der Waals surface area contributed by atoms with Crippen molar-refractivity contribution in [2.45, 2.75) is 26.0 Å². The van der Waals surface area contributed by atoms with Crippen LogP contribution < -0.4 is 4.74 Å². The first-order chi connectivity index (χ1) is 17.8. The molecule has 0 aliphatic carbocycles. The van der Waals surface area contributed by atoms with Crippen LogP contribution in [0.5, 0.6) is 11.5 Å². The van der Waals surface area contributed by atoms with Gasteiger partial charge in [0.05, 0.1) is 11.6 Å². The van der Waals surface area contributed by atoms with Gasteiger partial charge in [0, 0.05) is 12.1 Å². The Bertz CT molecular complexity index is 1310. The smallest absolute Gasteiger partial charge is 0.295 e. The second-order valence-electron chi connectivity index (χ2n) is 9.48. The number of phenols is 1. The van der Waals surface area contributed by atoms with E-state index in [2.05, 4.69) is 0 Å². The number of ether oxygens (including phenoxy) is 1. The molecule has 1 amide bonds. The largest absolute Gasteiger partial charge is 0.508 e. The Balaban J connectivity index is 1.63. The highest BCUT2D eigenvalue weighted by Gasteiger charge is 2.45. The summed E-state index contributed by atoms with van der Waals surface area (Å²) in [5.41, 5.74) is 3.19. The maximum atomic E-state index is 13.1. The van der Waals surface area contributed by atoms with Gasteiger partial charge in [-0.1, -0.05) is 36.4 Å². The number of likely N-dealkylation sites (tertiary alicyclic amines) is 1. The molecule has 4 rings (SSSR count). The van der Waals surface area contributed by atoms with Crippen LogP contribution in [0.1, 0.15) is 34.7 Å². The molecule has 1 aliphatic rings. The van der Waals surface area contributed by atoms with Gasteiger partial charge < -0.3 is 24.7 Å². The molecule has 0 aromatic heterocycles. The molecule has 192 valence electrons. The average molecular weight is 501 g/mol. The highest BCUT2D eigenvalue weighted by Crippen LogP contribution is 2.40. The molecule has 1 heterocycles. The molecule has 0 spiro atoms. The fourth-order valence-corrected chi connectivity index (χ4v) is 4.51. The van der Waals surface area contributed by atoms with Gasteiger partial charge >= 0.3 is 0 Å². The molecule has 0 radical (unpaired) electrons. The summed E-state index contributed by atoms with van der Waals surface area (Å²) in [4.78, 5) is 29.7. The van der Waals surface area contributed by atoms with E-state index in [0.717, 1.165) is 17.7 Å². The number of carbonyl (C=O) groups is 2. The molecule has 0 unspecified atom stereocenters. The number of carbonyl (C=O) groups excluding carboxylic acids is 2. The summed E-state index contributed by atoms with van der Waals surface area (Å²) in [5.74, 6) is -1.02. The zero-order valence-electron chi connectivity index (χ0n) is 21.3. The summed E-state index contributed by atoms with van der Waals surface area (Å²) in [5, 5.41) is 21.3. The van der Waals surface area contributed by atoms with E-state index in [0.29, 0.717) is 36.4 Å². The zero-order valence-corrected chi connectivity index (χ0v) is 21.3. The van der Waals surface area contributed by atoms with Crippen molar-refractivity contribution in [3.05, 3.63) is 101 Å². The summed E-state index contributed by atoms with van der Waals surface area (Å²) >= 11 is 0. The molecule has 3 aromatic rings. The Kier molecular flexibility index (Phi) is 7.94. The molecule has 0 saturated carbocycles. The Morgan fingerprint density at radius 2 is 1.73 bits per heavy atom. The summed E-state index contributed by atoms with van der Waals surface area (Å²) in [7, 11) is 3.88. The van der Waals surface area contributed by atoms with Crippen molar-refractivity contribution in [1.82, 2.24) is 9.80 Å². The van der Waals surface area contributed by atoms with Crippen LogP contribution in [-0.2, 0) is 16.2 Å². The van der Waals surface area contributed by atoms with Gasteiger partial charge in [-0.05, 0) is 87.1 Å². The number of hydrogen-bond acceptors (Lipinski definition) is 6. The lowest BCUT2D eigenvalue weighted by Crippen LogP contribution is -2.32. The lowest BCUT2D eigenvalue weighted by atomic mass is 9.95. The Morgan fingerprint density at radius 3 is 2.41 bits per heavy atom. The Morgan fingerprint density at radius 1 is 1.00 bits per heavy atom.